The fourth-order valence-corrected chi connectivity index (χ4v) is 4.02. The lowest BCUT2D eigenvalue weighted by Gasteiger charge is -2.32. The molecule has 9 heteroatoms. The Morgan fingerprint density at radius 2 is 1.77 bits per heavy atom. The molecule has 1 aliphatic heterocycles. The molecule has 1 aliphatic rings. The highest BCUT2D eigenvalue weighted by atomic mass is 35.5. The summed E-state index contributed by atoms with van der Waals surface area (Å²) in [5.74, 6) is -1.64. The monoisotopic (exact) mass is 452 g/mol. The van der Waals surface area contributed by atoms with Crippen LogP contribution in [0.3, 0.4) is 0 Å². The van der Waals surface area contributed by atoms with Crippen molar-refractivity contribution in [2.24, 2.45) is 0 Å². The number of halogens is 4. The van der Waals surface area contributed by atoms with Gasteiger partial charge in [0.1, 0.15) is 11.3 Å². The van der Waals surface area contributed by atoms with Crippen molar-refractivity contribution in [3.63, 3.8) is 0 Å². The van der Waals surface area contributed by atoms with Crippen molar-refractivity contribution < 1.29 is 22.7 Å². The molecule has 31 heavy (non-hydrogen) atoms. The van der Waals surface area contributed by atoms with E-state index in [-0.39, 0.29) is 39.4 Å². The lowest BCUT2D eigenvalue weighted by molar-refractivity contribution is -0.152. The first-order valence-corrected chi connectivity index (χ1v) is 10.1. The first-order valence-electron chi connectivity index (χ1n) is 9.71. The zero-order valence-corrected chi connectivity index (χ0v) is 17.4. The number of benzene rings is 2. The van der Waals surface area contributed by atoms with Crippen molar-refractivity contribution in [3.05, 3.63) is 63.0 Å². The van der Waals surface area contributed by atoms with E-state index in [1.807, 2.05) is 11.9 Å². The van der Waals surface area contributed by atoms with E-state index in [0.29, 0.717) is 13.1 Å². The fourth-order valence-electron chi connectivity index (χ4n) is 3.79. The number of fused-ring (bicyclic) bond motifs is 1. The fraction of sp³-hybridized carbons (Fsp3) is 0.318. The van der Waals surface area contributed by atoms with Crippen LogP contribution in [-0.2, 0) is 12.7 Å². The van der Waals surface area contributed by atoms with Gasteiger partial charge in [0.2, 0.25) is 11.2 Å². The molecule has 1 saturated heterocycles. The Morgan fingerprint density at radius 3 is 2.42 bits per heavy atom. The van der Waals surface area contributed by atoms with Gasteiger partial charge in [-0.2, -0.15) is 13.2 Å². The molecule has 3 aromatic rings. The zero-order valence-electron chi connectivity index (χ0n) is 16.7. The van der Waals surface area contributed by atoms with Crippen molar-refractivity contribution in [1.82, 2.24) is 9.80 Å². The average Bonchev–Trinajstić information content (AvgIpc) is 2.71. The van der Waals surface area contributed by atoms with Gasteiger partial charge in [0.15, 0.2) is 0 Å². The third-order valence-corrected chi connectivity index (χ3v) is 5.85. The van der Waals surface area contributed by atoms with Crippen LogP contribution in [0.5, 0.6) is 5.75 Å². The largest absolute Gasteiger partial charge is 0.507 e. The summed E-state index contributed by atoms with van der Waals surface area (Å²) in [6.45, 7) is 3.11. The summed E-state index contributed by atoms with van der Waals surface area (Å²) < 4.78 is 47.2. The van der Waals surface area contributed by atoms with Crippen molar-refractivity contribution in [2.45, 2.75) is 12.7 Å². The number of phenolic OH excluding ortho intramolecular Hbond substituents is 1. The SMILES string of the molecule is CN1CCN(Cc2c(O)ccc3c(=O)c(-c4ccccc4Cl)c(C(F)(F)F)oc23)CC1. The Kier molecular flexibility index (Phi) is 5.72. The van der Waals surface area contributed by atoms with Gasteiger partial charge in [-0.3, -0.25) is 9.69 Å². The summed E-state index contributed by atoms with van der Waals surface area (Å²) in [7, 11) is 1.98. The summed E-state index contributed by atoms with van der Waals surface area (Å²) in [5.41, 5.74) is -1.63. The van der Waals surface area contributed by atoms with Gasteiger partial charge in [0.05, 0.1) is 16.5 Å². The van der Waals surface area contributed by atoms with E-state index in [0.717, 1.165) is 13.1 Å². The van der Waals surface area contributed by atoms with Crippen LogP contribution in [0.4, 0.5) is 13.2 Å². The molecule has 4 rings (SSSR count). The second-order valence-electron chi connectivity index (χ2n) is 7.63. The van der Waals surface area contributed by atoms with Gasteiger partial charge in [-0.05, 0) is 25.2 Å². The van der Waals surface area contributed by atoms with Crippen LogP contribution in [0.15, 0.2) is 45.6 Å². The van der Waals surface area contributed by atoms with E-state index in [4.69, 9.17) is 16.0 Å². The predicted molar refractivity (Wildman–Crippen MR) is 112 cm³/mol. The Bertz CT molecular complexity index is 1190. The lowest BCUT2D eigenvalue weighted by Crippen LogP contribution is -2.43. The quantitative estimate of drug-likeness (QED) is 0.630. The first-order chi connectivity index (χ1) is 14.7. The number of aromatic hydroxyl groups is 1. The van der Waals surface area contributed by atoms with Gasteiger partial charge in [-0.15, -0.1) is 0 Å². The van der Waals surface area contributed by atoms with E-state index < -0.39 is 22.9 Å². The van der Waals surface area contributed by atoms with Crippen LogP contribution in [-0.4, -0.2) is 48.1 Å². The Morgan fingerprint density at radius 1 is 1.10 bits per heavy atom. The van der Waals surface area contributed by atoms with Crippen LogP contribution >= 0.6 is 11.6 Å². The van der Waals surface area contributed by atoms with Gasteiger partial charge in [-0.25, -0.2) is 0 Å². The third-order valence-electron chi connectivity index (χ3n) is 5.52. The average molecular weight is 453 g/mol. The number of hydrogen-bond acceptors (Lipinski definition) is 5. The van der Waals surface area contributed by atoms with Crippen LogP contribution in [0.25, 0.3) is 22.1 Å². The van der Waals surface area contributed by atoms with Gasteiger partial charge in [-0.1, -0.05) is 29.8 Å². The summed E-state index contributed by atoms with van der Waals surface area (Å²) in [6, 6.07) is 8.42. The molecule has 2 aromatic carbocycles. The van der Waals surface area contributed by atoms with E-state index in [1.54, 1.807) is 6.07 Å². The highest BCUT2D eigenvalue weighted by Crippen LogP contribution is 2.40. The highest BCUT2D eigenvalue weighted by Gasteiger charge is 2.40. The smallest absolute Gasteiger partial charge is 0.450 e. The highest BCUT2D eigenvalue weighted by molar-refractivity contribution is 6.33. The molecule has 1 N–H and O–H groups in total. The molecule has 0 radical (unpaired) electrons. The minimum atomic E-state index is -4.93. The maximum atomic E-state index is 14.0. The predicted octanol–water partition coefficient (Wildman–Crippen LogP) is 4.59. The van der Waals surface area contributed by atoms with Crippen molar-refractivity contribution >= 4 is 22.6 Å². The van der Waals surface area contributed by atoms with Gasteiger partial charge in [0, 0.05) is 43.3 Å². The molecule has 0 saturated carbocycles. The molecule has 0 atom stereocenters. The normalized spacial score (nSPS) is 16.2. The first kappa shape index (κ1) is 21.7. The van der Waals surface area contributed by atoms with Crippen LogP contribution in [0, 0.1) is 0 Å². The molecule has 1 fully saturated rings. The molecule has 1 aromatic heterocycles. The molecular weight excluding hydrogens is 433 g/mol. The number of likely N-dealkylation sites (N-methyl/N-ethyl adjacent to an activating group) is 1. The number of nitrogens with zero attached hydrogens (tertiary/aromatic N) is 2. The van der Waals surface area contributed by atoms with Gasteiger partial charge < -0.3 is 14.4 Å². The Hall–Kier alpha value is -2.55. The molecule has 164 valence electrons. The molecule has 0 unspecified atom stereocenters. The molecule has 0 amide bonds. The van der Waals surface area contributed by atoms with E-state index in [9.17, 15) is 23.1 Å². The maximum Gasteiger partial charge on any atom is 0.450 e. The third kappa shape index (κ3) is 4.15. The minimum absolute atomic E-state index is 0.0103. The summed E-state index contributed by atoms with van der Waals surface area (Å²) >= 11 is 6.10. The van der Waals surface area contributed by atoms with Crippen LogP contribution < -0.4 is 5.43 Å². The lowest BCUT2D eigenvalue weighted by atomic mass is 10.00. The molecule has 0 bridgehead atoms. The number of alkyl halides is 3. The maximum absolute atomic E-state index is 14.0. The number of phenols is 1. The topological polar surface area (TPSA) is 56.9 Å². The van der Waals surface area contributed by atoms with Crippen LogP contribution in [0.1, 0.15) is 11.3 Å². The van der Waals surface area contributed by atoms with Crippen molar-refractivity contribution in [2.75, 3.05) is 33.2 Å². The molecule has 0 spiro atoms. The number of piperazine rings is 1. The van der Waals surface area contributed by atoms with Crippen LogP contribution in [0.2, 0.25) is 5.02 Å². The Labute approximate surface area is 181 Å². The summed E-state index contributed by atoms with van der Waals surface area (Å²) in [4.78, 5) is 17.4. The number of rotatable bonds is 3. The molecule has 0 aliphatic carbocycles. The summed E-state index contributed by atoms with van der Waals surface area (Å²) in [5, 5.41) is 10.4. The van der Waals surface area contributed by atoms with E-state index >= 15 is 0 Å². The second-order valence-corrected chi connectivity index (χ2v) is 8.04. The van der Waals surface area contributed by atoms with Crippen molar-refractivity contribution in [3.8, 4) is 16.9 Å². The van der Waals surface area contributed by atoms with E-state index in [2.05, 4.69) is 4.90 Å². The van der Waals surface area contributed by atoms with Crippen molar-refractivity contribution in [1.29, 1.82) is 0 Å². The number of hydrogen-bond donors (Lipinski definition) is 1. The van der Waals surface area contributed by atoms with Gasteiger partial charge >= 0.3 is 6.18 Å². The molecule has 2 heterocycles. The second kappa shape index (κ2) is 8.18. The Balaban J connectivity index is 1.95. The summed E-state index contributed by atoms with van der Waals surface area (Å²) in [6.07, 6.45) is -4.93. The zero-order chi connectivity index (χ0) is 22.3. The molecule has 5 nitrogen and oxygen atoms in total. The van der Waals surface area contributed by atoms with Gasteiger partial charge in [0.25, 0.3) is 0 Å². The van der Waals surface area contributed by atoms with E-state index in [1.165, 1.54) is 30.3 Å². The standard InChI is InChI=1S/C22H20ClF3N2O3/c1-27-8-10-28(11-9-27)12-15-17(29)7-6-14-19(30)18(13-4-2-3-5-16(13)23)21(22(24,25)26)31-20(14)15/h2-7,29H,8-12H2,1H3. The minimum Gasteiger partial charge on any atom is -0.507 e. The molecular formula is C22H20ClF3N2O3.